The Kier molecular flexibility index (Phi) is 13.9. The third kappa shape index (κ3) is 9.69. The van der Waals surface area contributed by atoms with Gasteiger partial charge in [0.15, 0.2) is 11.3 Å². The van der Waals surface area contributed by atoms with Gasteiger partial charge in [-0.2, -0.15) is 25.3 Å². The Morgan fingerprint density at radius 3 is 2.49 bits per heavy atom. The molecule has 6 N–H and O–H groups in total. The van der Waals surface area contributed by atoms with Crippen LogP contribution in [0.3, 0.4) is 0 Å². The summed E-state index contributed by atoms with van der Waals surface area (Å²) in [6, 6.07) is 20.1. The van der Waals surface area contributed by atoms with Gasteiger partial charge in [0.05, 0.1) is 54.9 Å². The van der Waals surface area contributed by atoms with Gasteiger partial charge in [-0.05, 0) is 103 Å². The average molecular weight is 1140 g/mol. The van der Waals surface area contributed by atoms with Crippen LogP contribution in [0.2, 0.25) is 0 Å². The molecule has 0 radical (unpaired) electrons. The maximum absolute atomic E-state index is 14.9. The lowest BCUT2D eigenvalue weighted by Gasteiger charge is -2.31. The van der Waals surface area contributed by atoms with Crippen molar-refractivity contribution in [2.24, 2.45) is 5.92 Å². The number of aromatic nitrogens is 9. The summed E-state index contributed by atoms with van der Waals surface area (Å²) in [6.07, 6.45) is 8.97. The molecule has 4 saturated heterocycles. The number of H-pyrrole nitrogens is 1. The van der Waals surface area contributed by atoms with Gasteiger partial charge in [-0.25, -0.2) is 4.98 Å². The largest absolute Gasteiger partial charge is 0.492 e. The van der Waals surface area contributed by atoms with Crippen molar-refractivity contribution < 1.29 is 39.1 Å². The number of aliphatic hydroxyl groups excluding tert-OH is 2. The second-order valence-corrected chi connectivity index (χ2v) is 23.8. The minimum absolute atomic E-state index is 0.0186. The van der Waals surface area contributed by atoms with E-state index in [9.17, 15) is 24.9 Å². The van der Waals surface area contributed by atoms with Crippen LogP contribution in [0.5, 0.6) is 17.6 Å². The number of aliphatic hydroxyl groups is 2. The van der Waals surface area contributed by atoms with Crippen molar-refractivity contribution in [3.63, 3.8) is 0 Å². The van der Waals surface area contributed by atoms with E-state index < -0.39 is 36.0 Å². The highest BCUT2D eigenvalue weighted by Gasteiger charge is 2.44. The number of aromatic hydroxyl groups is 1. The van der Waals surface area contributed by atoms with Gasteiger partial charge in [-0.15, -0.1) is 0 Å². The fourth-order valence-electron chi connectivity index (χ4n) is 13.4. The van der Waals surface area contributed by atoms with Crippen LogP contribution in [0.4, 0.5) is 5.82 Å². The van der Waals surface area contributed by atoms with Crippen molar-refractivity contribution in [3.05, 3.63) is 108 Å². The number of piperazine rings is 1. The van der Waals surface area contributed by atoms with Gasteiger partial charge in [0.25, 0.3) is 0 Å². The quantitative estimate of drug-likeness (QED) is 0.0515. The fraction of sp³-hybridized carbons (Fsp3) is 0.429. The van der Waals surface area contributed by atoms with Crippen LogP contribution in [0.1, 0.15) is 99.6 Å². The Morgan fingerprint density at radius 2 is 1.74 bits per heavy atom. The molecule has 21 heteroatoms. The molecule has 5 fully saturated rings. The Labute approximate surface area is 484 Å². The molecule has 21 nitrogen and oxygen atoms in total. The van der Waals surface area contributed by atoms with Crippen LogP contribution in [0.25, 0.3) is 66.0 Å². The van der Waals surface area contributed by atoms with E-state index in [1.165, 1.54) is 10.5 Å². The minimum atomic E-state index is -1.02. The molecule has 1 saturated carbocycles. The zero-order valence-electron chi connectivity index (χ0n) is 47.5. The number of nitrogens with zero attached hydrogens (tertiary/aromatic N) is 10. The minimum Gasteiger partial charge on any atom is -0.492 e. The lowest BCUT2D eigenvalue weighted by Crippen LogP contribution is -2.50. The van der Waals surface area contributed by atoms with Gasteiger partial charge in [0, 0.05) is 97.0 Å². The first-order chi connectivity index (χ1) is 40.9. The van der Waals surface area contributed by atoms with E-state index >= 15 is 0 Å². The monoisotopic (exact) mass is 1140 g/mol. The second kappa shape index (κ2) is 21.7. The first kappa shape index (κ1) is 53.7. The summed E-state index contributed by atoms with van der Waals surface area (Å²) in [4.78, 5) is 48.1. The molecule has 434 valence electrons. The Morgan fingerprint density at radius 1 is 0.905 bits per heavy atom. The number of rotatable bonds is 17. The van der Waals surface area contributed by atoms with E-state index in [2.05, 4.69) is 60.9 Å². The fourth-order valence-corrected chi connectivity index (χ4v) is 13.4. The zero-order valence-corrected chi connectivity index (χ0v) is 47.5. The maximum Gasteiger partial charge on any atom is 0.319 e. The Balaban J connectivity index is 0.786. The van der Waals surface area contributed by atoms with Gasteiger partial charge in [0.2, 0.25) is 17.7 Å². The van der Waals surface area contributed by atoms with Crippen LogP contribution in [-0.4, -0.2) is 147 Å². The molecule has 2 amide bonds. The predicted molar refractivity (Wildman–Crippen MR) is 316 cm³/mol. The molecule has 9 heterocycles. The number of fused-ring (bicyclic) bond motifs is 7. The van der Waals surface area contributed by atoms with Crippen molar-refractivity contribution in [1.29, 1.82) is 0 Å². The number of β-amino-alcohol motifs (C(OH)–C–C–N with tert-alkyl or cyclic N) is 1. The van der Waals surface area contributed by atoms with E-state index in [-0.39, 0.29) is 55.6 Å². The molecule has 84 heavy (non-hydrogen) atoms. The summed E-state index contributed by atoms with van der Waals surface area (Å²) in [7, 11) is 0. The second-order valence-electron chi connectivity index (χ2n) is 23.8. The number of carbonyl (C=O) groups excluding carboxylic acids is 2. The molecule has 5 aliphatic rings. The molecule has 1 unspecified atom stereocenters. The van der Waals surface area contributed by atoms with E-state index in [1.807, 2.05) is 80.2 Å². The number of pyridine rings is 1. The van der Waals surface area contributed by atoms with Crippen molar-refractivity contribution in [2.45, 2.75) is 128 Å². The number of hydrogen-bond acceptors (Lipinski definition) is 16. The number of ether oxygens (including phenoxy) is 3. The summed E-state index contributed by atoms with van der Waals surface area (Å²) in [5, 5.41) is 59.9. The summed E-state index contributed by atoms with van der Waals surface area (Å²) >= 11 is 0. The van der Waals surface area contributed by atoms with Crippen LogP contribution in [-0.2, 0) is 27.5 Å². The molecule has 1 aliphatic carbocycles. The smallest absolute Gasteiger partial charge is 0.319 e. The highest BCUT2D eigenvalue weighted by Crippen LogP contribution is 2.53. The number of carbonyl (C=O) groups is 2. The molecule has 9 aromatic rings. The third-order valence-electron chi connectivity index (χ3n) is 17.9. The number of likely N-dealkylation sites (tertiary alicyclic amines) is 1. The van der Waals surface area contributed by atoms with E-state index in [1.54, 1.807) is 17.1 Å². The van der Waals surface area contributed by atoms with Crippen LogP contribution in [0, 0.1) is 12.8 Å². The SMILES string of the molecule is CCn1nccc1-c1ccc([C@H](CO)NC(=O)[C@@H]2C[C@@H](O)CN2C(=O)C(C(C)C)n2cc3c(n2)c(O)nc2cc(COc4c(-c5c(C)ccc6[nH]ncc56)c(C5CC5)cc5c(N6C[C@@H]7C[C@H]6CN7)nc(OC6CCOCC6)nc45)ccc23)cc1. The highest BCUT2D eigenvalue weighted by molar-refractivity contribution is 6.07. The van der Waals surface area contributed by atoms with Crippen LogP contribution < -0.4 is 25.0 Å². The lowest BCUT2D eigenvalue weighted by molar-refractivity contribution is -0.142. The lowest BCUT2D eigenvalue weighted by atomic mass is 9.89. The van der Waals surface area contributed by atoms with Gasteiger partial charge < -0.3 is 50.0 Å². The van der Waals surface area contributed by atoms with Gasteiger partial charge in [-0.1, -0.05) is 56.3 Å². The maximum atomic E-state index is 14.9. The summed E-state index contributed by atoms with van der Waals surface area (Å²) in [6.45, 7) is 11.2. The van der Waals surface area contributed by atoms with Gasteiger partial charge in [0.1, 0.15) is 36.1 Å². The van der Waals surface area contributed by atoms with E-state index in [0.717, 1.165) is 101 Å². The molecule has 6 atom stereocenters. The van der Waals surface area contributed by atoms with Crippen LogP contribution >= 0.6 is 0 Å². The number of amides is 2. The average Bonchev–Trinajstić information content (AvgIpc) is 1.96. The van der Waals surface area contributed by atoms with Crippen molar-refractivity contribution in [2.75, 3.05) is 44.4 Å². The van der Waals surface area contributed by atoms with Crippen molar-refractivity contribution in [1.82, 2.24) is 60.2 Å². The van der Waals surface area contributed by atoms with Gasteiger partial charge >= 0.3 is 6.01 Å². The number of benzene rings is 4. The molecule has 14 rings (SSSR count). The number of nitrogens with one attached hydrogen (secondary N) is 3. The van der Waals surface area contributed by atoms with E-state index in [4.69, 9.17) is 29.3 Å². The first-order valence-electron chi connectivity index (χ1n) is 29.6. The number of aromatic amines is 1. The third-order valence-corrected chi connectivity index (χ3v) is 17.9. The normalized spacial score (nSPS) is 20.8. The van der Waals surface area contributed by atoms with E-state index in [0.29, 0.717) is 70.8 Å². The Bertz CT molecular complexity index is 4000. The van der Waals surface area contributed by atoms with Crippen molar-refractivity contribution in [3.8, 4) is 40.0 Å². The van der Waals surface area contributed by atoms with Gasteiger partial charge in [-0.3, -0.25) is 24.1 Å². The standard InChI is InChI=1S/C63H69N13O8/c1-5-75-51(16-19-66-75)38-12-10-37(11-13-38)50(31-77)68-60(79)52-24-41(78)29-74(52)62(81)57(33(2)3)76-30-47-43-14-7-35(22-49(43)67-61(80)56(47)72-76)32-83-58-54(53-34(4)6-15-48-46(53)27-65-71-48)44(36-8-9-36)25-45-55(58)69-63(84-42-17-20-82-21-18-42)70-59(45)73-28-39-23-40(73)26-64-39/h6-7,10-16,19,22,25,27,30,33,36,39-42,50,52,57,64,77-78H,5,8-9,17-18,20-21,23-24,26,28-29,31-32H2,1-4H3,(H,65,71)(H,67,80)(H,68,79)/t39-,40-,41+,50-,52-,57?/m0/s1. The molecule has 0 spiro atoms. The van der Waals surface area contributed by atoms with Crippen molar-refractivity contribution >= 4 is 61.2 Å². The molecular formula is C63H69N13O8. The first-order valence-corrected chi connectivity index (χ1v) is 29.6. The Hall–Kier alpha value is -8.24. The topological polar surface area (TPSA) is 256 Å². The number of hydrogen-bond donors (Lipinski definition) is 6. The zero-order chi connectivity index (χ0) is 57.5. The molecule has 2 bridgehead atoms. The molecule has 4 aliphatic heterocycles. The summed E-state index contributed by atoms with van der Waals surface area (Å²) in [5.41, 5.74) is 9.93. The highest BCUT2D eigenvalue weighted by atomic mass is 16.5. The summed E-state index contributed by atoms with van der Waals surface area (Å²) in [5.74, 6) is 0.252. The number of aryl methyl sites for hydroxylation is 2. The molecule has 5 aromatic heterocycles. The molecule has 4 aromatic carbocycles. The predicted octanol–water partition coefficient (Wildman–Crippen LogP) is 7.54. The number of anilines is 1. The molecular weight excluding hydrogens is 1070 g/mol. The van der Waals surface area contributed by atoms with Crippen LogP contribution in [0.15, 0.2) is 85.3 Å². The summed E-state index contributed by atoms with van der Waals surface area (Å²) < 4.78 is 23.1.